The molecule has 2 heteroatoms. The van der Waals surface area contributed by atoms with Crippen LogP contribution in [0.25, 0.3) is 0 Å². The molecule has 3 aliphatic rings. The molecular formula is C16H30N2. The van der Waals surface area contributed by atoms with E-state index >= 15 is 0 Å². The molecule has 0 radical (unpaired) electrons. The van der Waals surface area contributed by atoms with Gasteiger partial charge in [-0.15, -0.1) is 0 Å². The Bertz CT molecular complexity index is 329. The van der Waals surface area contributed by atoms with Crippen LogP contribution in [0, 0.1) is 16.7 Å². The van der Waals surface area contributed by atoms with Gasteiger partial charge in [0.2, 0.25) is 0 Å². The van der Waals surface area contributed by atoms with E-state index in [0.29, 0.717) is 16.4 Å². The van der Waals surface area contributed by atoms with Gasteiger partial charge in [0.15, 0.2) is 0 Å². The van der Waals surface area contributed by atoms with Gasteiger partial charge in [-0.05, 0) is 56.0 Å². The summed E-state index contributed by atoms with van der Waals surface area (Å²) in [4.78, 5) is 2.80. The summed E-state index contributed by atoms with van der Waals surface area (Å²) in [6.07, 6.45) is 4.19. The summed E-state index contributed by atoms with van der Waals surface area (Å²) in [5, 5.41) is 3.85. The SMILES string of the molecule is CC1(C2CC2)CN(C2C(C)(C)C2(C)C)CCCN1. The number of nitrogens with one attached hydrogen (secondary N) is 1. The molecule has 1 unspecified atom stereocenters. The molecule has 2 saturated carbocycles. The highest BCUT2D eigenvalue weighted by atomic mass is 15.3. The van der Waals surface area contributed by atoms with Crippen molar-refractivity contribution in [2.75, 3.05) is 19.6 Å². The highest BCUT2D eigenvalue weighted by Crippen LogP contribution is 2.65. The number of rotatable bonds is 2. The minimum Gasteiger partial charge on any atom is -0.310 e. The second-order valence-corrected chi connectivity index (χ2v) is 8.29. The average Bonchev–Trinajstić information content (AvgIpc) is 3.09. The van der Waals surface area contributed by atoms with E-state index in [1.807, 2.05) is 0 Å². The van der Waals surface area contributed by atoms with Crippen LogP contribution in [-0.4, -0.2) is 36.1 Å². The van der Waals surface area contributed by atoms with E-state index in [0.717, 1.165) is 12.0 Å². The summed E-state index contributed by atoms with van der Waals surface area (Å²) >= 11 is 0. The van der Waals surface area contributed by atoms with Crippen molar-refractivity contribution in [3.63, 3.8) is 0 Å². The van der Waals surface area contributed by atoms with Crippen molar-refractivity contribution in [1.29, 1.82) is 0 Å². The molecule has 1 saturated heterocycles. The first-order chi connectivity index (χ1) is 8.29. The monoisotopic (exact) mass is 250 g/mol. The Morgan fingerprint density at radius 3 is 2.11 bits per heavy atom. The molecule has 0 bridgehead atoms. The molecular weight excluding hydrogens is 220 g/mol. The van der Waals surface area contributed by atoms with Crippen molar-refractivity contribution < 1.29 is 0 Å². The van der Waals surface area contributed by atoms with Crippen molar-refractivity contribution >= 4 is 0 Å². The maximum Gasteiger partial charge on any atom is 0.0308 e. The zero-order chi connectivity index (χ0) is 13.2. The molecule has 1 aliphatic heterocycles. The van der Waals surface area contributed by atoms with E-state index < -0.39 is 0 Å². The van der Waals surface area contributed by atoms with E-state index in [9.17, 15) is 0 Å². The Labute approximate surface area is 113 Å². The molecule has 0 spiro atoms. The first-order valence-corrected chi connectivity index (χ1v) is 7.78. The van der Waals surface area contributed by atoms with Crippen LogP contribution in [0.1, 0.15) is 53.9 Å². The Morgan fingerprint density at radius 1 is 1.00 bits per heavy atom. The van der Waals surface area contributed by atoms with E-state index in [1.54, 1.807) is 0 Å². The Balaban J connectivity index is 1.76. The van der Waals surface area contributed by atoms with E-state index in [1.165, 1.54) is 38.9 Å². The lowest BCUT2D eigenvalue weighted by molar-refractivity contribution is 0.171. The quantitative estimate of drug-likeness (QED) is 0.811. The molecule has 18 heavy (non-hydrogen) atoms. The van der Waals surface area contributed by atoms with E-state index in [2.05, 4.69) is 44.8 Å². The summed E-state index contributed by atoms with van der Waals surface area (Å²) in [6.45, 7) is 16.0. The lowest BCUT2D eigenvalue weighted by Crippen LogP contribution is -2.51. The summed E-state index contributed by atoms with van der Waals surface area (Å²) in [5.74, 6) is 0.933. The second-order valence-electron chi connectivity index (χ2n) is 8.29. The van der Waals surface area contributed by atoms with Gasteiger partial charge >= 0.3 is 0 Å². The van der Waals surface area contributed by atoms with Gasteiger partial charge in [0.1, 0.15) is 0 Å². The molecule has 2 nitrogen and oxygen atoms in total. The summed E-state index contributed by atoms with van der Waals surface area (Å²) in [6, 6.07) is 0.781. The number of hydrogen-bond donors (Lipinski definition) is 1. The third-order valence-electron chi connectivity index (χ3n) is 6.47. The fourth-order valence-corrected chi connectivity index (χ4v) is 4.50. The van der Waals surface area contributed by atoms with Crippen LogP contribution in [0.3, 0.4) is 0 Å². The standard InChI is InChI=1S/C16H30N2/c1-14(2)13(15(14,3)4)18-10-6-9-17-16(5,11-18)12-7-8-12/h12-13,17H,6-11H2,1-5H3. The van der Waals surface area contributed by atoms with Crippen molar-refractivity contribution in [3.8, 4) is 0 Å². The second kappa shape index (κ2) is 3.73. The van der Waals surface area contributed by atoms with E-state index in [4.69, 9.17) is 0 Å². The number of hydrogen-bond acceptors (Lipinski definition) is 2. The average molecular weight is 250 g/mol. The fourth-order valence-electron chi connectivity index (χ4n) is 4.50. The Morgan fingerprint density at radius 2 is 1.61 bits per heavy atom. The van der Waals surface area contributed by atoms with Crippen molar-refractivity contribution in [3.05, 3.63) is 0 Å². The highest BCUT2D eigenvalue weighted by Gasteiger charge is 2.67. The lowest BCUT2D eigenvalue weighted by Gasteiger charge is -2.35. The third kappa shape index (κ3) is 1.76. The smallest absolute Gasteiger partial charge is 0.0308 e. The van der Waals surface area contributed by atoms with Gasteiger partial charge in [-0.1, -0.05) is 27.7 Å². The zero-order valence-electron chi connectivity index (χ0n) is 12.8. The first-order valence-electron chi connectivity index (χ1n) is 7.78. The summed E-state index contributed by atoms with van der Waals surface area (Å²) < 4.78 is 0. The predicted octanol–water partition coefficient (Wildman–Crippen LogP) is 2.89. The lowest BCUT2D eigenvalue weighted by atomic mass is 9.95. The molecule has 2 aliphatic carbocycles. The van der Waals surface area contributed by atoms with Gasteiger partial charge in [-0.2, -0.15) is 0 Å². The van der Waals surface area contributed by atoms with Crippen LogP contribution < -0.4 is 5.32 Å². The molecule has 0 aromatic rings. The van der Waals surface area contributed by atoms with E-state index in [-0.39, 0.29) is 0 Å². The molecule has 0 aromatic heterocycles. The van der Waals surface area contributed by atoms with Crippen LogP contribution >= 0.6 is 0 Å². The van der Waals surface area contributed by atoms with Gasteiger partial charge in [-0.25, -0.2) is 0 Å². The fraction of sp³-hybridized carbons (Fsp3) is 1.00. The number of nitrogens with zero attached hydrogens (tertiary/aromatic N) is 1. The first kappa shape index (κ1) is 12.9. The maximum atomic E-state index is 3.85. The normalized spacial score (nSPS) is 40.5. The van der Waals surface area contributed by atoms with Gasteiger partial charge in [0.25, 0.3) is 0 Å². The highest BCUT2D eigenvalue weighted by molar-refractivity contribution is 5.19. The minimum absolute atomic E-state index is 0.380. The Kier molecular flexibility index (Phi) is 2.68. The molecule has 104 valence electrons. The van der Waals surface area contributed by atoms with Crippen LogP contribution in [0.2, 0.25) is 0 Å². The minimum atomic E-state index is 0.380. The molecule has 1 heterocycles. The molecule has 1 atom stereocenters. The molecule has 3 fully saturated rings. The largest absolute Gasteiger partial charge is 0.310 e. The van der Waals surface area contributed by atoms with Gasteiger partial charge < -0.3 is 5.32 Å². The van der Waals surface area contributed by atoms with Crippen LogP contribution in [-0.2, 0) is 0 Å². The van der Waals surface area contributed by atoms with Crippen molar-refractivity contribution in [2.45, 2.75) is 65.5 Å². The zero-order valence-corrected chi connectivity index (χ0v) is 12.8. The summed E-state index contributed by atoms with van der Waals surface area (Å²) in [5.41, 5.74) is 1.36. The topological polar surface area (TPSA) is 15.3 Å². The van der Waals surface area contributed by atoms with Gasteiger partial charge in [-0.3, -0.25) is 4.90 Å². The van der Waals surface area contributed by atoms with Crippen molar-refractivity contribution in [1.82, 2.24) is 10.2 Å². The summed E-state index contributed by atoms with van der Waals surface area (Å²) in [7, 11) is 0. The molecule has 1 N–H and O–H groups in total. The van der Waals surface area contributed by atoms with Crippen molar-refractivity contribution in [2.24, 2.45) is 16.7 Å². The van der Waals surface area contributed by atoms with Gasteiger partial charge in [0.05, 0.1) is 0 Å². The van der Waals surface area contributed by atoms with Gasteiger partial charge in [0, 0.05) is 18.1 Å². The molecule has 0 aromatic carbocycles. The predicted molar refractivity (Wildman–Crippen MR) is 76.7 cm³/mol. The molecule has 3 rings (SSSR count). The van der Waals surface area contributed by atoms with Crippen LogP contribution in [0.4, 0.5) is 0 Å². The third-order valence-corrected chi connectivity index (χ3v) is 6.47. The maximum absolute atomic E-state index is 3.85. The molecule has 0 amide bonds. The van der Waals surface area contributed by atoms with Crippen LogP contribution in [0.5, 0.6) is 0 Å². The Hall–Kier alpha value is -0.0800. The van der Waals surface area contributed by atoms with Crippen LogP contribution in [0.15, 0.2) is 0 Å².